The standard InChI is InChI=1S/C9H10Cl2O2S/c10-6-3-7-14(12,13)9-5-2-1-4-8(9)11/h1-2,4-5H,3,6-7H2. The first-order valence-electron chi connectivity index (χ1n) is 4.11. The van der Waals surface area contributed by atoms with E-state index in [0.717, 1.165) is 0 Å². The Bertz CT molecular complexity index is 401. The van der Waals surface area contributed by atoms with Crippen molar-refractivity contribution in [3.05, 3.63) is 29.3 Å². The van der Waals surface area contributed by atoms with Crippen LogP contribution in [0.4, 0.5) is 0 Å². The first kappa shape index (κ1) is 11.8. The summed E-state index contributed by atoms with van der Waals surface area (Å²) >= 11 is 11.2. The molecule has 0 saturated heterocycles. The third-order valence-corrected chi connectivity index (χ3v) is 4.28. The van der Waals surface area contributed by atoms with Crippen molar-refractivity contribution in [1.82, 2.24) is 0 Å². The maximum Gasteiger partial charge on any atom is 0.179 e. The van der Waals surface area contributed by atoms with Crippen LogP contribution in [0.5, 0.6) is 0 Å². The van der Waals surface area contributed by atoms with Crippen LogP contribution in [0.3, 0.4) is 0 Å². The first-order valence-corrected chi connectivity index (χ1v) is 6.67. The summed E-state index contributed by atoms with van der Waals surface area (Å²) in [6.45, 7) is 0. The van der Waals surface area contributed by atoms with E-state index >= 15 is 0 Å². The molecule has 0 fully saturated rings. The topological polar surface area (TPSA) is 34.1 Å². The van der Waals surface area contributed by atoms with Crippen molar-refractivity contribution < 1.29 is 8.42 Å². The molecule has 0 heterocycles. The number of halogens is 2. The summed E-state index contributed by atoms with van der Waals surface area (Å²) in [6.07, 6.45) is 0.440. The van der Waals surface area contributed by atoms with Crippen LogP contribution < -0.4 is 0 Å². The Morgan fingerprint density at radius 1 is 1.21 bits per heavy atom. The highest BCUT2D eigenvalue weighted by Gasteiger charge is 2.16. The van der Waals surface area contributed by atoms with Crippen LogP contribution in [-0.2, 0) is 9.84 Å². The van der Waals surface area contributed by atoms with Gasteiger partial charge in [0.05, 0.1) is 15.7 Å². The van der Waals surface area contributed by atoms with Crippen LogP contribution in [-0.4, -0.2) is 20.1 Å². The molecule has 1 aromatic rings. The van der Waals surface area contributed by atoms with Gasteiger partial charge in [-0.05, 0) is 18.6 Å². The average Bonchev–Trinajstić information content (AvgIpc) is 2.15. The lowest BCUT2D eigenvalue weighted by Gasteiger charge is -2.04. The molecule has 2 nitrogen and oxygen atoms in total. The molecule has 0 aliphatic carbocycles. The van der Waals surface area contributed by atoms with Crippen molar-refractivity contribution in [1.29, 1.82) is 0 Å². The van der Waals surface area contributed by atoms with Gasteiger partial charge in [0.25, 0.3) is 0 Å². The molecule has 0 N–H and O–H groups in total. The van der Waals surface area contributed by atoms with Crippen LogP contribution in [0.15, 0.2) is 29.2 Å². The Hall–Kier alpha value is -0.250. The number of sulfone groups is 1. The van der Waals surface area contributed by atoms with Crippen molar-refractivity contribution in [2.24, 2.45) is 0 Å². The van der Waals surface area contributed by atoms with Crippen molar-refractivity contribution in [3.8, 4) is 0 Å². The molecular formula is C9H10Cl2O2S. The predicted octanol–water partition coefficient (Wildman–Crippen LogP) is 2.74. The molecule has 5 heteroatoms. The number of alkyl halides is 1. The maximum atomic E-state index is 11.7. The monoisotopic (exact) mass is 252 g/mol. The second-order valence-corrected chi connectivity index (χ2v) is 5.65. The Morgan fingerprint density at radius 2 is 1.86 bits per heavy atom. The zero-order valence-electron chi connectivity index (χ0n) is 7.41. The van der Waals surface area contributed by atoms with E-state index in [2.05, 4.69) is 0 Å². The summed E-state index contributed by atoms with van der Waals surface area (Å²) in [5.41, 5.74) is 0. The van der Waals surface area contributed by atoms with Gasteiger partial charge in [-0.25, -0.2) is 8.42 Å². The zero-order chi connectivity index (χ0) is 10.6. The van der Waals surface area contributed by atoms with Gasteiger partial charge in [-0.15, -0.1) is 11.6 Å². The van der Waals surface area contributed by atoms with Gasteiger partial charge in [-0.2, -0.15) is 0 Å². The number of rotatable bonds is 4. The van der Waals surface area contributed by atoms with Gasteiger partial charge in [0.15, 0.2) is 9.84 Å². The lowest BCUT2D eigenvalue weighted by Crippen LogP contribution is -2.07. The van der Waals surface area contributed by atoms with Crippen molar-refractivity contribution in [2.45, 2.75) is 11.3 Å². The second-order valence-electron chi connectivity index (χ2n) is 2.79. The number of benzene rings is 1. The van der Waals surface area contributed by atoms with Crippen LogP contribution in [0.2, 0.25) is 5.02 Å². The molecule has 0 spiro atoms. The molecular weight excluding hydrogens is 243 g/mol. The Labute approximate surface area is 93.8 Å². The highest BCUT2D eigenvalue weighted by Crippen LogP contribution is 2.22. The van der Waals surface area contributed by atoms with Gasteiger partial charge in [0.2, 0.25) is 0 Å². The van der Waals surface area contributed by atoms with E-state index in [1.807, 2.05) is 0 Å². The van der Waals surface area contributed by atoms with Crippen LogP contribution >= 0.6 is 23.2 Å². The van der Waals surface area contributed by atoms with Crippen molar-refractivity contribution in [2.75, 3.05) is 11.6 Å². The minimum absolute atomic E-state index is 0.0419. The van der Waals surface area contributed by atoms with E-state index in [0.29, 0.717) is 12.3 Å². The molecule has 1 aromatic carbocycles. The molecule has 0 amide bonds. The fourth-order valence-electron chi connectivity index (χ4n) is 1.05. The van der Waals surface area contributed by atoms with Crippen molar-refractivity contribution >= 4 is 33.0 Å². The molecule has 0 bridgehead atoms. The van der Waals surface area contributed by atoms with Gasteiger partial charge < -0.3 is 0 Å². The van der Waals surface area contributed by atoms with E-state index in [4.69, 9.17) is 23.2 Å². The summed E-state index contributed by atoms with van der Waals surface area (Å²) in [4.78, 5) is 0.187. The smallest absolute Gasteiger partial charge is 0.179 e. The molecule has 0 unspecified atom stereocenters. The minimum Gasteiger partial charge on any atom is -0.224 e. The van der Waals surface area contributed by atoms with E-state index in [-0.39, 0.29) is 15.7 Å². The first-order chi connectivity index (χ1) is 6.58. The molecule has 0 aliphatic heterocycles. The van der Waals surface area contributed by atoms with Gasteiger partial charge in [-0.3, -0.25) is 0 Å². The van der Waals surface area contributed by atoms with Crippen molar-refractivity contribution in [3.63, 3.8) is 0 Å². The molecule has 0 aliphatic rings. The van der Waals surface area contributed by atoms with Gasteiger partial charge in [-0.1, -0.05) is 23.7 Å². The van der Waals surface area contributed by atoms with E-state index < -0.39 is 9.84 Å². The fraction of sp³-hybridized carbons (Fsp3) is 0.333. The molecule has 0 saturated carbocycles. The normalized spacial score (nSPS) is 11.6. The lowest BCUT2D eigenvalue weighted by molar-refractivity contribution is 0.595. The lowest BCUT2D eigenvalue weighted by atomic mass is 10.4. The van der Waals surface area contributed by atoms with E-state index in [1.54, 1.807) is 18.2 Å². The quantitative estimate of drug-likeness (QED) is 0.773. The molecule has 0 aromatic heterocycles. The second kappa shape index (κ2) is 5.01. The molecule has 0 radical (unpaired) electrons. The SMILES string of the molecule is O=S(=O)(CCCCl)c1ccccc1Cl. The minimum atomic E-state index is -3.27. The highest BCUT2D eigenvalue weighted by molar-refractivity contribution is 7.91. The Balaban J connectivity index is 2.99. The molecule has 1 rings (SSSR count). The Morgan fingerprint density at radius 3 is 2.43 bits per heavy atom. The maximum absolute atomic E-state index is 11.7. The molecule has 78 valence electrons. The third-order valence-electron chi connectivity index (χ3n) is 1.72. The number of hydrogen-bond acceptors (Lipinski definition) is 2. The summed E-state index contributed by atoms with van der Waals surface area (Å²) in [5.74, 6) is 0.379. The van der Waals surface area contributed by atoms with E-state index in [9.17, 15) is 8.42 Å². The van der Waals surface area contributed by atoms with E-state index in [1.165, 1.54) is 6.07 Å². The summed E-state index contributed by atoms with van der Waals surface area (Å²) in [5, 5.41) is 0.266. The van der Waals surface area contributed by atoms with Crippen LogP contribution in [0.1, 0.15) is 6.42 Å². The Kier molecular flexibility index (Phi) is 4.23. The van der Waals surface area contributed by atoms with Gasteiger partial charge >= 0.3 is 0 Å². The summed E-state index contributed by atoms with van der Waals surface area (Å²) in [7, 11) is -3.27. The molecule has 14 heavy (non-hydrogen) atoms. The largest absolute Gasteiger partial charge is 0.224 e. The summed E-state index contributed by atoms with van der Waals surface area (Å²) in [6, 6.07) is 6.42. The zero-order valence-corrected chi connectivity index (χ0v) is 9.74. The number of hydrogen-bond donors (Lipinski definition) is 0. The van der Waals surface area contributed by atoms with Gasteiger partial charge in [0, 0.05) is 5.88 Å². The highest BCUT2D eigenvalue weighted by atomic mass is 35.5. The molecule has 0 atom stereocenters. The third kappa shape index (κ3) is 2.87. The fourth-order valence-corrected chi connectivity index (χ4v) is 3.23. The van der Waals surface area contributed by atoms with Crippen LogP contribution in [0.25, 0.3) is 0 Å². The van der Waals surface area contributed by atoms with Crippen LogP contribution in [0, 0.1) is 0 Å². The summed E-state index contributed by atoms with van der Waals surface area (Å²) < 4.78 is 23.3. The van der Waals surface area contributed by atoms with Gasteiger partial charge in [0.1, 0.15) is 0 Å². The predicted molar refractivity (Wildman–Crippen MR) is 58.8 cm³/mol. The average molecular weight is 253 g/mol.